The number of imide groups is 1. The third-order valence-corrected chi connectivity index (χ3v) is 3.68. The Morgan fingerprint density at radius 3 is 2.95 bits per heavy atom. The summed E-state index contributed by atoms with van der Waals surface area (Å²) < 4.78 is 4.70. The number of aryl methyl sites for hydroxylation is 1. The Balaban J connectivity index is 2.09. The molecule has 0 aliphatic carbocycles. The molecule has 6 nitrogen and oxygen atoms in total. The molecule has 7 heteroatoms. The molecule has 1 aliphatic rings. The molecular formula is C14H15ClN2O4. The van der Waals surface area contributed by atoms with E-state index in [0.717, 1.165) is 0 Å². The minimum absolute atomic E-state index is 0.236. The van der Waals surface area contributed by atoms with Gasteiger partial charge in [-0.05, 0) is 30.9 Å². The topological polar surface area (TPSA) is 85.4 Å². The lowest BCUT2D eigenvalue weighted by Gasteiger charge is -2.20. The molecule has 1 aliphatic heterocycles. The zero-order valence-electron chi connectivity index (χ0n) is 11.5. The van der Waals surface area contributed by atoms with Crippen molar-refractivity contribution >= 4 is 29.4 Å². The first kappa shape index (κ1) is 15.4. The monoisotopic (exact) mass is 310 g/mol. The second kappa shape index (κ2) is 6.67. The van der Waals surface area contributed by atoms with Crippen LogP contribution < -0.4 is 5.32 Å². The molecular weight excluding hydrogens is 296 g/mol. The summed E-state index contributed by atoms with van der Waals surface area (Å²) >= 11 is 5.85. The largest absolute Gasteiger partial charge is 0.465 e. The number of nitrogens with one attached hydrogen (secondary N) is 1. The van der Waals surface area contributed by atoms with Crippen molar-refractivity contribution in [2.24, 2.45) is 5.92 Å². The van der Waals surface area contributed by atoms with Gasteiger partial charge in [-0.25, -0.2) is 9.78 Å². The third kappa shape index (κ3) is 3.78. The number of aromatic nitrogens is 1. The zero-order valence-corrected chi connectivity index (χ0v) is 12.3. The molecule has 0 radical (unpaired) electrons. The Morgan fingerprint density at radius 1 is 1.52 bits per heavy atom. The van der Waals surface area contributed by atoms with Gasteiger partial charge in [-0.15, -0.1) is 0 Å². The van der Waals surface area contributed by atoms with Crippen molar-refractivity contribution in [3.05, 3.63) is 28.5 Å². The number of carbonyl (C=O) groups is 3. The van der Waals surface area contributed by atoms with Gasteiger partial charge in [-0.2, -0.15) is 0 Å². The lowest BCUT2D eigenvalue weighted by atomic mass is 9.91. The molecule has 1 aromatic heterocycles. The highest BCUT2D eigenvalue weighted by atomic mass is 35.5. The van der Waals surface area contributed by atoms with Crippen LogP contribution in [-0.2, 0) is 20.7 Å². The molecule has 1 N–H and O–H groups in total. The number of methoxy groups -OCH3 is 1. The van der Waals surface area contributed by atoms with Gasteiger partial charge in [0.15, 0.2) is 0 Å². The van der Waals surface area contributed by atoms with E-state index in [2.05, 4.69) is 10.3 Å². The fraction of sp³-hybridized carbons (Fsp3) is 0.429. The average Bonchev–Trinajstić information content (AvgIpc) is 2.45. The number of pyridine rings is 1. The van der Waals surface area contributed by atoms with Crippen LogP contribution >= 0.6 is 11.6 Å². The van der Waals surface area contributed by atoms with E-state index in [1.807, 2.05) is 0 Å². The molecule has 0 aromatic carbocycles. The van der Waals surface area contributed by atoms with Crippen molar-refractivity contribution in [1.82, 2.24) is 10.3 Å². The summed E-state index contributed by atoms with van der Waals surface area (Å²) in [4.78, 5) is 38.4. The van der Waals surface area contributed by atoms with Gasteiger partial charge in [0.2, 0.25) is 11.8 Å². The van der Waals surface area contributed by atoms with Crippen molar-refractivity contribution in [3.63, 3.8) is 0 Å². The SMILES string of the molecule is COC(=O)c1cnc(Cl)cc1CCC1CCC(=O)NC1=O. The number of ether oxygens (including phenoxy) is 1. The Hall–Kier alpha value is -1.95. The fourth-order valence-electron chi connectivity index (χ4n) is 2.31. The maximum absolute atomic E-state index is 11.7. The van der Waals surface area contributed by atoms with Crippen LogP contribution in [0, 0.1) is 5.92 Å². The van der Waals surface area contributed by atoms with Crippen LogP contribution in [0.2, 0.25) is 5.15 Å². The number of amides is 2. The molecule has 1 unspecified atom stereocenters. The van der Waals surface area contributed by atoms with Crippen molar-refractivity contribution in [3.8, 4) is 0 Å². The van der Waals surface area contributed by atoms with Crippen molar-refractivity contribution < 1.29 is 19.1 Å². The van der Waals surface area contributed by atoms with Crippen LogP contribution in [0.3, 0.4) is 0 Å². The van der Waals surface area contributed by atoms with Crippen LogP contribution in [0.1, 0.15) is 35.2 Å². The van der Waals surface area contributed by atoms with Gasteiger partial charge in [0.1, 0.15) is 5.15 Å². The summed E-state index contributed by atoms with van der Waals surface area (Å²) in [6.45, 7) is 0. The molecule has 1 fully saturated rings. The predicted molar refractivity (Wildman–Crippen MR) is 74.8 cm³/mol. The number of piperidine rings is 1. The first-order chi connectivity index (χ1) is 10.0. The lowest BCUT2D eigenvalue weighted by Crippen LogP contribution is -2.40. The maximum Gasteiger partial charge on any atom is 0.339 e. The smallest absolute Gasteiger partial charge is 0.339 e. The number of rotatable bonds is 4. The molecule has 2 heterocycles. The normalized spacial score (nSPS) is 18.3. The fourth-order valence-corrected chi connectivity index (χ4v) is 2.49. The Bertz CT molecular complexity index is 588. The number of nitrogens with zero attached hydrogens (tertiary/aromatic N) is 1. The minimum Gasteiger partial charge on any atom is -0.465 e. The van der Waals surface area contributed by atoms with E-state index in [0.29, 0.717) is 36.8 Å². The highest BCUT2D eigenvalue weighted by molar-refractivity contribution is 6.29. The van der Waals surface area contributed by atoms with Gasteiger partial charge in [0.25, 0.3) is 0 Å². The van der Waals surface area contributed by atoms with Gasteiger partial charge >= 0.3 is 5.97 Å². The van der Waals surface area contributed by atoms with Crippen LogP contribution in [0.5, 0.6) is 0 Å². The Labute approximate surface area is 126 Å². The van der Waals surface area contributed by atoms with Gasteiger partial charge in [-0.1, -0.05) is 11.6 Å². The van der Waals surface area contributed by atoms with E-state index in [-0.39, 0.29) is 22.9 Å². The summed E-state index contributed by atoms with van der Waals surface area (Å²) in [5.74, 6) is -1.22. The van der Waals surface area contributed by atoms with E-state index in [1.54, 1.807) is 6.07 Å². The molecule has 0 saturated carbocycles. The van der Waals surface area contributed by atoms with E-state index in [1.165, 1.54) is 13.3 Å². The first-order valence-electron chi connectivity index (χ1n) is 6.57. The second-order valence-corrected chi connectivity index (χ2v) is 5.23. The van der Waals surface area contributed by atoms with Crippen molar-refractivity contribution in [1.29, 1.82) is 0 Å². The number of carbonyl (C=O) groups excluding carboxylic acids is 3. The summed E-state index contributed by atoms with van der Waals surface area (Å²) in [6, 6.07) is 1.60. The summed E-state index contributed by atoms with van der Waals surface area (Å²) in [5, 5.41) is 2.60. The highest BCUT2D eigenvalue weighted by Crippen LogP contribution is 2.22. The highest BCUT2D eigenvalue weighted by Gasteiger charge is 2.26. The van der Waals surface area contributed by atoms with Gasteiger partial charge in [0.05, 0.1) is 12.7 Å². The van der Waals surface area contributed by atoms with Gasteiger partial charge in [-0.3, -0.25) is 14.9 Å². The summed E-state index contributed by atoms with van der Waals surface area (Å²) in [6.07, 6.45) is 3.25. The van der Waals surface area contributed by atoms with Crippen LogP contribution in [0.4, 0.5) is 0 Å². The quantitative estimate of drug-likeness (QED) is 0.517. The second-order valence-electron chi connectivity index (χ2n) is 4.84. The molecule has 1 saturated heterocycles. The third-order valence-electron chi connectivity index (χ3n) is 3.48. The molecule has 0 spiro atoms. The van der Waals surface area contributed by atoms with E-state index >= 15 is 0 Å². The van der Waals surface area contributed by atoms with Crippen molar-refractivity contribution in [2.45, 2.75) is 25.7 Å². The molecule has 0 bridgehead atoms. The molecule has 21 heavy (non-hydrogen) atoms. The number of esters is 1. The van der Waals surface area contributed by atoms with E-state index in [4.69, 9.17) is 16.3 Å². The standard InChI is InChI=1S/C14H15ClN2O4/c1-21-14(20)10-7-16-11(15)6-9(10)3-2-8-4-5-12(18)17-13(8)19/h6-8H,2-5H2,1H3,(H,17,18,19). The number of hydrogen-bond donors (Lipinski definition) is 1. The van der Waals surface area contributed by atoms with Gasteiger partial charge < -0.3 is 4.74 Å². The van der Waals surface area contributed by atoms with E-state index < -0.39 is 5.97 Å². The Kier molecular flexibility index (Phi) is 4.90. The van der Waals surface area contributed by atoms with Gasteiger partial charge in [0, 0.05) is 18.5 Å². The van der Waals surface area contributed by atoms with E-state index in [9.17, 15) is 14.4 Å². The lowest BCUT2D eigenvalue weighted by molar-refractivity contribution is -0.136. The molecule has 1 aromatic rings. The minimum atomic E-state index is -0.488. The first-order valence-corrected chi connectivity index (χ1v) is 6.95. The van der Waals surface area contributed by atoms with Crippen LogP contribution in [0.25, 0.3) is 0 Å². The zero-order chi connectivity index (χ0) is 15.4. The van der Waals surface area contributed by atoms with Crippen molar-refractivity contribution in [2.75, 3.05) is 7.11 Å². The predicted octanol–water partition coefficient (Wildman–Crippen LogP) is 1.51. The van der Waals surface area contributed by atoms with Crippen LogP contribution in [0.15, 0.2) is 12.3 Å². The number of halogens is 1. The average molecular weight is 311 g/mol. The maximum atomic E-state index is 11.7. The van der Waals surface area contributed by atoms with Crippen LogP contribution in [-0.4, -0.2) is 29.9 Å². The Morgan fingerprint density at radius 2 is 2.29 bits per heavy atom. The summed E-state index contributed by atoms with van der Waals surface area (Å²) in [7, 11) is 1.29. The summed E-state index contributed by atoms with van der Waals surface area (Å²) in [5.41, 5.74) is 1.03. The molecule has 1 atom stereocenters. The number of hydrogen-bond acceptors (Lipinski definition) is 5. The molecule has 112 valence electrons. The molecule has 2 amide bonds. The molecule has 2 rings (SSSR count).